The van der Waals surface area contributed by atoms with Crippen molar-refractivity contribution in [1.82, 2.24) is 9.55 Å². The minimum atomic E-state index is -0.974. The van der Waals surface area contributed by atoms with Gasteiger partial charge in [0.15, 0.2) is 0 Å². The van der Waals surface area contributed by atoms with E-state index in [0.29, 0.717) is 23.7 Å². The Labute approximate surface area is 203 Å². The van der Waals surface area contributed by atoms with Crippen LogP contribution in [0.1, 0.15) is 73.5 Å². The molecule has 1 fully saturated rings. The zero-order valence-corrected chi connectivity index (χ0v) is 20.2. The highest BCUT2D eigenvalue weighted by atomic mass is 32.1. The first kappa shape index (κ1) is 24.0. The fourth-order valence-corrected chi connectivity index (χ4v) is 5.92. The number of aromatic nitrogens is 2. The van der Waals surface area contributed by atoms with Crippen molar-refractivity contribution in [3.63, 3.8) is 0 Å². The van der Waals surface area contributed by atoms with Gasteiger partial charge in [-0.1, -0.05) is 32.1 Å². The number of hydrogen-bond acceptors (Lipinski definition) is 5. The molecule has 1 saturated carbocycles. The van der Waals surface area contributed by atoms with Gasteiger partial charge in [-0.3, -0.25) is 4.79 Å². The Morgan fingerprint density at radius 2 is 1.91 bits per heavy atom. The summed E-state index contributed by atoms with van der Waals surface area (Å²) in [6.07, 6.45) is 7.74. The average molecular weight is 482 g/mol. The van der Waals surface area contributed by atoms with Crippen molar-refractivity contribution in [3.8, 4) is 27.7 Å². The molecular weight excluding hydrogens is 450 g/mol. The first-order valence-corrected chi connectivity index (χ1v) is 12.7. The Hall–Kier alpha value is -3.13. The van der Waals surface area contributed by atoms with E-state index in [1.54, 1.807) is 18.2 Å². The molecule has 3 aromatic rings. The van der Waals surface area contributed by atoms with Gasteiger partial charge in [-0.05, 0) is 56.0 Å². The number of amides is 1. The summed E-state index contributed by atoms with van der Waals surface area (Å²) in [5.74, 6) is -0.576. The summed E-state index contributed by atoms with van der Waals surface area (Å²) in [5.41, 5.74) is 8.77. The van der Waals surface area contributed by atoms with E-state index in [1.807, 2.05) is 24.4 Å². The van der Waals surface area contributed by atoms with Gasteiger partial charge in [0.05, 0.1) is 17.0 Å². The highest BCUT2D eigenvalue weighted by molar-refractivity contribution is 7.13. The number of aromatic carboxylic acids is 1. The van der Waals surface area contributed by atoms with Crippen LogP contribution in [0.2, 0.25) is 0 Å². The van der Waals surface area contributed by atoms with Crippen LogP contribution in [0, 0.1) is 12.8 Å². The number of carbonyl (C=O) groups is 2. The molecule has 0 radical (unpaired) electrons. The third-order valence-corrected chi connectivity index (χ3v) is 7.71. The van der Waals surface area contributed by atoms with Crippen molar-refractivity contribution < 1.29 is 19.8 Å². The van der Waals surface area contributed by atoms with Crippen molar-refractivity contribution in [3.05, 3.63) is 47.0 Å². The van der Waals surface area contributed by atoms with Crippen LogP contribution in [0.15, 0.2) is 35.7 Å². The Kier molecular flexibility index (Phi) is 7.36. The fraction of sp³-hybridized carbons (Fsp3) is 0.423. The lowest BCUT2D eigenvalue weighted by Crippen LogP contribution is -2.21. The summed E-state index contributed by atoms with van der Waals surface area (Å²) in [6.45, 7) is 1.83. The maximum Gasteiger partial charge on any atom is 0.337 e. The SMILES string of the molecule is Cc1c(C(=O)O)cc(-c2csc(-c3ccc(O)cc3)n2)n1C(CCC(N)=O)CC1CCCCC1. The molecule has 2 aromatic heterocycles. The molecule has 180 valence electrons. The van der Waals surface area contributed by atoms with E-state index in [1.165, 1.54) is 30.6 Å². The Morgan fingerprint density at radius 1 is 1.21 bits per heavy atom. The molecule has 8 heteroatoms. The van der Waals surface area contributed by atoms with Crippen LogP contribution in [-0.4, -0.2) is 31.6 Å². The molecule has 4 N–H and O–H groups in total. The van der Waals surface area contributed by atoms with Crippen molar-refractivity contribution >= 4 is 23.2 Å². The van der Waals surface area contributed by atoms with Gasteiger partial charge in [0.25, 0.3) is 0 Å². The second kappa shape index (κ2) is 10.4. The van der Waals surface area contributed by atoms with E-state index in [2.05, 4.69) is 4.57 Å². The first-order valence-electron chi connectivity index (χ1n) is 11.8. The second-order valence-electron chi connectivity index (χ2n) is 9.19. The topological polar surface area (TPSA) is 118 Å². The van der Waals surface area contributed by atoms with Crippen molar-refractivity contribution in [2.45, 2.75) is 64.3 Å². The molecule has 1 unspecified atom stereocenters. The lowest BCUT2D eigenvalue weighted by Gasteiger charge is -2.29. The summed E-state index contributed by atoms with van der Waals surface area (Å²) < 4.78 is 2.08. The van der Waals surface area contributed by atoms with Crippen molar-refractivity contribution in [1.29, 1.82) is 0 Å². The molecule has 1 aromatic carbocycles. The number of hydrogen-bond donors (Lipinski definition) is 3. The Bertz CT molecular complexity index is 1160. The molecule has 1 aliphatic rings. The van der Waals surface area contributed by atoms with E-state index < -0.39 is 5.97 Å². The maximum absolute atomic E-state index is 12.0. The number of nitrogens with two attached hydrogens (primary N) is 1. The van der Waals surface area contributed by atoms with Crippen molar-refractivity contribution in [2.75, 3.05) is 0 Å². The largest absolute Gasteiger partial charge is 0.508 e. The lowest BCUT2D eigenvalue weighted by molar-refractivity contribution is -0.118. The number of phenolic OH excluding ortho intramolecular Hbond substituents is 1. The fourth-order valence-electron chi connectivity index (χ4n) is 5.10. The minimum Gasteiger partial charge on any atom is -0.508 e. The number of phenols is 1. The van der Waals surface area contributed by atoms with Gasteiger partial charge in [-0.25, -0.2) is 9.78 Å². The Morgan fingerprint density at radius 3 is 2.56 bits per heavy atom. The lowest BCUT2D eigenvalue weighted by atomic mass is 9.83. The van der Waals surface area contributed by atoms with E-state index in [0.717, 1.165) is 35.5 Å². The Balaban J connectivity index is 1.75. The minimum absolute atomic E-state index is 0.0301. The number of thiazole rings is 1. The van der Waals surface area contributed by atoms with Crippen LogP contribution in [0.4, 0.5) is 0 Å². The molecule has 0 spiro atoms. The number of rotatable bonds is 9. The normalized spacial score (nSPS) is 15.3. The number of primary amides is 1. The molecule has 1 atom stereocenters. The van der Waals surface area contributed by atoms with Crippen LogP contribution in [0.25, 0.3) is 22.0 Å². The summed E-state index contributed by atoms with van der Waals surface area (Å²) in [6, 6.07) is 8.53. The molecule has 0 aliphatic heterocycles. The number of carboxylic acids is 1. The molecule has 2 heterocycles. The third-order valence-electron chi connectivity index (χ3n) is 6.82. The highest BCUT2D eigenvalue weighted by Crippen LogP contribution is 2.39. The van der Waals surface area contributed by atoms with Crippen LogP contribution in [-0.2, 0) is 4.79 Å². The van der Waals surface area contributed by atoms with Crippen LogP contribution >= 0.6 is 11.3 Å². The molecular formula is C26H31N3O4S. The number of carbonyl (C=O) groups excluding carboxylic acids is 1. The van der Waals surface area contributed by atoms with E-state index in [9.17, 15) is 19.8 Å². The zero-order valence-electron chi connectivity index (χ0n) is 19.4. The van der Waals surface area contributed by atoms with E-state index >= 15 is 0 Å². The van der Waals surface area contributed by atoms with E-state index in [-0.39, 0.29) is 29.7 Å². The number of carboxylic acid groups (broad SMARTS) is 1. The summed E-state index contributed by atoms with van der Waals surface area (Å²) >= 11 is 1.47. The molecule has 1 amide bonds. The van der Waals surface area contributed by atoms with Crippen molar-refractivity contribution in [2.24, 2.45) is 11.7 Å². The maximum atomic E-state index is 12.0. The zero-order chi connectivity index (χ0) is 24.2. The van der Waals surface area contributed by atoms with Gasteiger partial charge in [0, 0.05) is 29.1 Å². The number of nitrogens with zero attached hydrogens (tertiary/aromatic N) is 2. The predicted octanol–water partition coefficient (Wildman–Crippen LogP) is 5.77. The molecule has 7 nitrogen and oxygen atoms in total. The highest BCUT2D eigenvalue weighted by Gasteiger charge is 2.27. The van der Waals surface area contributed by atoms with Gasteiger partial charge < -0.3 is 20.5 Å². The van der Waals surface area contributed by atoms with Gasteiger partial charge >= 0.3 is 5.97 Å². The van der Waals surface area contributed by atoms with Crippen LogP contribution in [0.5, 0.6) is 5.75 Å². The second-order valence-corrected chi connectivity index (χ2v) is 10.0. The predicted molar refractivity (Wildman–Crippen MR) is 133 cm³/mol. The van der Waals surface area contributed by atoms with E-state index in [4.69, 9.17) is 10.7 Å². The molecule has 1 aliphatic carbocycles. The molecule has 0 saturated heterocycles. The average Bonchev–Trinajstić information content (AvgIpc) is 3.43. The first-order chi connectivity index (χ1) is 16.3. The number of aromatic hydroxyl groups is 1. The summed E-state index contributed by atoms with van der Waals surface area (Å²) in [7, 11) is 0. The van der Waals surface area contributed by atoms with Gasteiger partial charge in [-0.2, -0.15) is 0 Å². The quantitative estimate of drug-likeness (QED) is 0.359. The number of benzene rings is 1. The smallest absolute Gasteiger partial charge is 0.337 e. The third kappa shape index (κ3) is 5.33. The van der Waals surface area contributed by atoms with Gasteiger partial charge in [0.2, 0.25) is 5.91 Å². The van der Waals surface area contributed by atoms with Crippen LogP contribution in [0.3, 0.4) is 0 Å². The standard InChI is InChI=1S/C26H31N3O4S/c1-16-21(26(32)33)14-23(22-15-34-25(28-22)18-7-10-20(30)11-8-18)29(16)19(9-12-24(27)31)13-17-5-3-2-4-6-17/h7-8,10-11,14-15,17,19,30H,2-6,9,12-13H2,1H3,(H2,27,31)(H,32,33). The summed E-state index contributed by atoms with van der Waals surface area (Å²) in [4.78, 5) is 28.5. The van der Waals surface area contributed by atoms with Gasteiger partial charge in [0.1, 0.15) is 10.8 Å². The van der Waals surface area contributed by atoms with Gasteiger partial charge in [-0.15, -0.1) is 11.3 Å². The summed E-state index contributed by atoms with van der Waals surface area (Å²) in [5, 5.41) is 22.2. The molecule has 34 heavy (non-hydrogen) atoms. The molecule has 0 bridgehead atoms. The monoisotopic (exact) mass is 481 g/mol. The molecule has 4 rings (SSSR count). The van der Waals surface area contributed by atoms with Crippen LogP contribution < -0.4 is 5.73 Å².